The average molecular weight is 374 g/mol. The summed E-state index contributed by atoms with van der Waals surface area (Å²) in [7, 11) is 0. The molecule has 0 saturated heterocycles. The summed E-state index contributed by atoms with van der Waals surface area (Å²) in [5.74, 6) is 0.346. The van der Waals surface area contributed by atoms with Crippen molar-refractivity contribution in [2.75, 3.05) is 0 Å². The highest BCUT2D eigenvalue weighted by atomic mass is 35.5. The van der Waals surface area contributed by atoms with Crippen LogP contribution in [0.1, 0.15) is 31.9 Å². The Morgan fingerprint density at radius 3 is 2.68 bits per heavy atom. The number of rotatable bonds is 3. The summed E-state index contributed by atoms with van der Waals surface area (Å²) in [6.07, 6.45) is 2.52. The molecular formula is C19H16ClNO3S. The van der Waals surface area contributed by atoms with Crippen LogP contribution < -0.4 is 0 Å². The molecule has 0 N–H and O–H groups in total. The Labute approximate surface area is 154 Å². The Morgan fingerprint density at radius 1 is 1.24 bits per heavy atom. The highest BCUT2D eigenvalue weighted by Gasteiger charge is 2.43. The van der Waals surface area contributed by atoms with Crippen LogP contribution in [0, 0.1) is 11.8 Å². The van der Waals surface area contributed by atoms with E-state index in [4.69, 9.17) is 16.3 Å². The van der Waals surface area contributed by atoms with Crippen LogP contribution in [0.5, 0.6) is 0 Å². The molecule has 0 spiro atoms. The van der Waals surface area contributed by atoms with Crippen LogP contribution in [-0.2, 0) is 14.3 Å². The fourth-order valence-corrected chi connectivity index (χ4v) is 4.59. The molecule has 2 atom stereocenters. The summed E-state index contributed by atoms with van der Waals surface area (Å²) in [5, 5.41) is 3.34. The second kappa shape index (κ2) is 6.39. The molecule has 0 unspecified atom stereocenters. The minimum atomic E-state index is -0.390. The van der Waals surface area contributed by atoms with E-state index in [2.05, 4.69) is 4.98 Å². The molecule has 1 saturated carbocycles. The highest BCUT2D eigenvalue weighted by molar-refractivity contribution is 7.13. The molecular weight excluding hydrogens is 358 g/mol. The lowest BCUT2D eigenvalue weighted by Crippen LogP contribution is -2.23. The third kappa shape index (κ3) is 3.02. The van der Waals surface area contributed by atoms with Gasteiger partial charge in [-0.2, -0.15) is 0 Å². The number of Topliss-reactive ketones (excluding diaryl/α,β-unsaturated/α-hetero) is 1. The van der Waals surface area contributed by atoms with Crippen molar-refractivity contribution in [1.29, 1.82) is 0 Å². The Hall–Kier alpha value is -1.98. The van der Waals surface area contributed by atoms with Gasteiger partial charge in [-0.05, 0) is 31.4 Å². The van der Waals surface area contributed by atoms with Crippen molar-refractivity contribution < 1.29 is 14.3 Å². The molecule has 2 aromatic rings. The molecule has 2 bridgehead atoms. The Kier molecular flexibility index (Phi) is 4.21. The van der Waals surface area contributed by atoms with E-state index in [0.717, 1.165) is 29.8 Å². The van der Waals surface area contributed by atoms with Gasteiger partial charge in [0.1, 0.15) is 10.8 Å². The lowest BCUT2D eigenvalue weighted by Gasteiger charge is -2.23. The van der Waals surface area contributed by atoms with Crippen LogP contribution in [0.15, 0.2) is 35.4 Å². The van der Waals surface area contributed by atoms with Gasteiger partial charge in [0.05, 0.1) is 11.3 Å². The van der Waals surface area contributed by atoms with Crippen LogP contribution in [-0.4, -0.2) is 16.7 Å². The third-order valence-electron chi connectivity index (χ3n) is 4.77. The molecule has 1 aromatic carbocycles. The van der Waals surface area contributed by atoms with Gasteiger partial charge in [0, 0.05) is 34.7 Å². The largest absolute Gasteiger partial charge is 0.430 e. The summed E-state index contributed by atoms with van der Waals surface area (Å²) in [6, 6.07) is 7.43. The third-order valence-corrected chi connectivity index (χ3v) is 5.92. The molecule has 0 radical (unpaired) electrons. The number of halogens is 1. The smallest absolute Gasteiger partial charge is 0.307 e. The van der Waals surface area contributed by atoms with E-state index in [1.807, 2.05) is 29.6 Å². The van der Waals surface area contributed by atoms with Gasteiger partial charge in [-0.15, -0.1) is 11.3 Å². The molecule has 0 amide bonds. The first-order valence-corrected chi connectivity index (χ1v) is 9.47. The summed E-state index contributed by atoms with van der Waals surface area (Å²) in [4.78, 5) is 29.0. The van der Waals surface area contributed by atoms with E-state index in [9.17, 15) is 9.59 Å². The zero-order valence-electron chi connectivity index (χ0n) is 13.6. The number of fused-ring (bicyclic) bond motifs is 2. The fourth-order valence-electron chi connectivity index (χ4n) is 3.64. The van der Waals surface area contributed by atoms with Gasteiger partial charge in [0.15, 0.2) is 5.78 Å². The van der Waals surface area contributed by atoms with Crippen molar-refractivity contribution in [2.24, 2.45) is 11.8 Å². The molecule has 25 heavy (non-hydrogen) atoms. The number of hydrogen-bond donors (Lipinski definition) is 0. The van der Waals surface area contributed by atoms with Gasteiger partial charge in [-0.25, -0.2) is 4.98 Å². The first kappa shape index (κ1) is 16.5. The first-order valence-electron chi connectivity index (χ1n) is 8.21. The van der Waals surface area contributed by atoms with E-state index in [0.29, 0.717) is 22.0 Å². The van der Waals surface area contributed by atoms with Crippen molar-refractivity contribution in [1.82, 2.24) is 4.98 Å². The van der Waals surface area contributed by atoms with Crippen molar-refractivity contribution in [3.63, 3.8) is 0 Å². The number of carbonyl (C=O) groups is 2. The Bertz CT molecular complexity index is 884. The van der Waals surface area contributed by atoms with Gasteiger partial charge >= 0.3 is 5.97 Å². The molecule has 4 nitrogen and oxygen atoms in total. The fraction of sp³-hybridized carbons (Fsp3) is 0.316. The van der Waals surface area contributed by atoms with Gasteiger partial charge in [0.25, 0.3) is 0 Å². The second-order valence-electron chi connectivity index (χ2n) is 6.45. The average Bonchev–Trinajstić information content (AvgIpc) is 3.22. The van der Waals surface area contributed by atoms with Crippen LogP contribution >= 0.6 is 22.9 Å². The van der Waals surface area contributed by atoms with Crippen LogP contribution in [0.3, 0.4) is 0 Å². The van der Waals surface area contributed by atoms with Crippen LogP contribution in [0.25, 0.3) is 16.1 Å². The Balaban J connectivity index is 1.77. The maximum atomic E-state index is 12.9. The number of benzene rings is 1. The number of allylic oxidation sites excluding steroid dienone is 2. The zero-order valence-corrected chi connectivity index (χ0v) is 15.2. The van der Waals surface area contributed by atoms with E-state index in [-0.39, 0.29) is 23.6 Å². The second-order valence-corrected chi connectivity index (χ2v) is 7.74. The molecule has 0 aliphatic heterocycles. The summed E-state index contributed by atoms with van der Waals surface area (Å²) in [5.41, 5.74) is 2.04. The monoisotopic (exact) mass is 373 g/mol. The maximum absolute atomic E-state index is 12.9. The van der Waals surface area contributed by atoms with Crippen molar-refractivity contribution in [3.05, 3.63) is 46.1 Å². The molecule has 4 rings (SSSR count). The molecule has 6 heteroatoms. The van der Waals surface area contributed by atoms with Crippen molar-refractivity contribution in [3.8, 4) is 10.6 Å². The van der Waals surface area contributed by atoms with Crippen molar-refractivity contribution >= 4 is 40.3 Å². The molecule has 128 valence electrons. The maximum Gasteiger partial charge on any atom is 0.307 e. The van der Waals surface area contributed by atoms with Crippen LogP contribution in [0.2, 0.25) is 5.02 Å². The van der Waals surface area contributed by atoms with Crippen LogP contribution in [0.4, 0.5) is 0 Å². The predicted octanol–water partition coefficient (Wildman–Crippen LogP) is 4.74. The summed E-state index contributed by atoms with van der Waals surface area (Å²) in [6.45, 7) is 1.37. The van der Waals surface area contributed by atoms with Gasteiger partial charge < -0.3 is 4.74 Å². The lowest BCUT2D eigenvalue weighted by atomic mass is 9.85. The molecule has 1 aromatic heterocycles. The van der Waals surface area contributed by atoms with Gasteiger partial charge in [0.2, 0.25) is 0 Å². The summed E-state index contributed by atoms with van der Waals surface area (Å²) < 4.78 is 5.46. The van der Waals surface area contributed by atoms with E-state index in [1.165, 1.54) is 18.3 Å². The molecule has 1 heterocycles. The first-order chi connectivity index (χ1) is 12.0. The SMILES string of the molecule is CC(=O)OC1=C(c2csc(-c3ccc(Cl)cc3)n2)C(=O)[C@H]2CC[C@@H]1C2. The number of esters is 1. The highest BCUT2D eigenvalue weighted by Crippen LogP contribution is 2.47. The van der Waals surface area contributed by atoms with Crippen molar-refractivity contribution in [2.45, 2.75) is 26.2 Å². The minimum Gasteiger partial charge on any atom is -0.430 e. The predicted molar refractivity (Wildman–Crippen MR) is 97.1 cm³/mol. The number of aromatic nitrogens is 1. The van der Waals surface area contributed by atoms with E-state index >= 15 is 0 Å². The minimum absolute atomic E-state index is 0.0278. The number of nitrogens with zero attached hydrogens (tertiary/aromatic N) is 1. The van der Waals surface area contributed by atoms with E-state index in [1.54, 1.807) is 0 Å². The number of ketones is 1. The molecule has 1 fully saturated rings. The zero-order chi connectivity index (χ0) is 17.6. The summed E-state index contributed by atoms with van der Waals surface area (Å²) >= 11 is 7.40. The van der Waals surface area contributed by atoms with Gasteiger partial charge in [-0.1, -0.05) is 23.7 Å². The lowest BCUT2D eigenvalue weighted by molar-refractivity contribution is -0.137. The molecule has 2 aliphatic carbocycles. The topological polar surface area (TPSA) is 56.3 Å². The number of ether oxygens (including phenoxy) is 1. The number of hydrogen-bond acceptors (Lipinski definition) is 5. The number of thiazole rings is 1. The normalized spacial score (nSPS) is 22.4. The Morgan fingerprint density at radius 2 is 1.96 bits per heavy atom. The van der Waals surface area contributed by atoms with Gasteiger partial charge in [-0.3, -0.25) is 9.59 Å². The van der Waals surface area contributed by atoms with E-state index < -0.39 is 0 Å². The molecule has 2 aliphatic rings. The quantitative estimate of drug-likeness (QED) is 0.729. The standard InChI is InChI=1S/C19H16ClNO3S/c1-10(22)24-18-13-3-2-12(8-13)17(23)16(18)15-9-25-19(21-15)11-4-6-14(20)7-5-11/h4-7,9,12-13H,2-3,8H2,1H3/t12-,13+/m0/s1. The number of carbonyl (C=O) groups excluding carboxylic acids is 2.